The molecule has 0 saturated heterocycles. The number of carbonyl (C=O) groups excluding carboxylic acids is 1. The van der Waals surface area contributed by atoms with Gasteiger partial charge in [-0.3, -0.25) is 4.79 Å². The Balaban J connectivity index is 1.98. The number of benzene rings is 1. The van der Waals surface area contributed by atoms with Crippen LogP contribution in [0.2, 0.25) is 0 Å². The van der Waals surface area contributed by atoms with Gasteiger partial charge in [-0.15, -0.1) is 0 Å². The van der Waals surface area contributed by atoms with Crippen LogP contribution in [0.3, 0.4) is 0 Å². The molecule has 0 aromatic heterocycles. The Morgan fingerprint density at radius 3 is 2.63 bits per heavy atom. The van der Waals surface area contributed by atoms with Crippen molar-refractivity contribution in [1.82, 2.24) is 0 Å². The van der Waals surface area contributed by atoms with Crippen LogP contribution >= 0.6 is 15.9 Å². The SMILES string of the molecule is CCCCCCCC1=C(Br)C(=O)c2ccccc2C1. The van der Waals surface area contributed by atoms with Gasteiger partial charge in [0.2, 0.25) is 0 Å². The van der Waals surface area contributed by atoms with Crippen LogP contribution in [0.15, 0.2) is 34.3 Å². The summed E-state index contributed by atoms with van der Waals surface area (Å²) in [6.07, 6.45) is 8.35. The molecule has 1 aliphatic rings. The average Bonchev–Trinajstić information content (AvgIpc) is 2.44. The molecule has 0 saturated carbocycles. The monoisotopic (exact) mass is 320 g/mol. The second-order valence-corrected chi connectivity index (χ2v) is 6.04. The zero-order valence-electron chi connectivity index (χ0n) is 11.5. The second kappa shape index (κ2) is 7.04. The van der Waals surface area contributed by atoms with Crippen molar-refractivity contribution in [2.45, 2.75) is 51.9 Å². The molecule has 1 aliphatic carbocycles. The minimum Gasteiger partial charge on any atom is -0.288 e. The third kappa shape index (κ3) is 3.56. The van der Waals surface area contributed by atoms with Gasteiger partial charge in [0.1, 0.15) is 0 Å². The van der Waals surface area contributed by atoms with E-state index in [1.165, 1.54) is 43.2 Å². The van der Waals surface area contributed by atoms with Crippen molar-refractivity contribution in [1.29, 1.82) is 0 Å². The van der Waals surface area contributed by atoms with E-state index in [1.54, 1.807) is 0 Å². The maximum absolute atomic E-state index is 12.3. The van der Waals surface area contributed by atoms with E-state index in [0.29, 0.717) is 0 Å². The Labute approximate surface area is 124 Å². The first-order valence-electron chi connectivity index (χ1n) is 7.24. The normalized spacial score (nSPS) is 14.7. The van der Waals surface area contributed by atoms with Crippen LogP contribution in [-0.2, 0) is 6.42 Å². The molecule has 0 aliphatic heterocycles. The highest BCUT2D eigenvalue weighted by Gasteiger charge is 2.23. The second-order valence-electron chi connectivity index (χ2n) is 5.24. The van der Waals surface area contributed by atoms with E-state index in [4.69, 9.17) is 0 Å². The van der Waals surface area contributed by atoms with Crippen LogP contribution in [0.1, 0.15) is 61.4 Å². The van der Waals surface area contributed by atoms with Crippen LogP contribution < -0.4 is 0 Å². The predicted molar refractivity (Wildman–Crippen MR) is 83.8 cm³/mol. The summed E-state index contributed by atoms with van der Waals surface area (Å²) in [4.78, 5) is 12.3. The standard InChI is InChI=1S/C17H21BrO/c1-2-3-4-5-6-10-14-12-13-9-7-8-11-15(13)17(19)16(14)18/h7-9,11H,2-6,10,12H2,1H3. The topological polar surface area (TPSA) is 17.1 Å². The van der Waals surface area contributed by atoms with Crippen molar-refractivity contribution >= 4 is 21.7 Å². The molecular weight excluding hydrogens is 300 g/mol. The van der Waals surface area contributed by atoms with Gasteiger partial charge in [0, 0.05) is 5.56 Å². The van der Waals surface area contributed by atoms with Crippen LogP contribution in [0.4, 0.5) is 0 Å². The molecule has 1 nitrogen and oxygen atoms in total. The maximum atomic E-state index is 12.3. The average molecular weight is 321 g/mol. The van der Waals surface area contributed by atoms with Gasteiger partial charge in [0.05, 0.1) is 4.48 Å². The van der Waals surface area contributed by atoms with Crippen molar-refractivity contribution in [2.75, 3.05) is 0 Å². The first kappa shape index (κ1) is 14.5. The number of unbranched alkanes of at least 4 members (excludes halogenated alkanes) is 4. The number of ketones is 1. The van der Waals surface area contributed by atoms with Crippen molar-refractivity contribution in [3.05, 3.63) is 45.4 Å². The van der Waals surface area contributed by atoms with Gasteiger partial charge in [-0.1, -0.05) is 56.9 Å². The van der Waals surface area contributed by atoms with E-state index in [2.05, 4.69) is 28.9 Å². The van der Waals surface area contributed by atoms with E-state index in [-0.39, 0.29) is 5.78 Å². The largest absolute Gasteiger partial charge is 0.288 e. The molecule has 0 N–H and O–H groups in total. The lowest BCUT2D eigenvalue weighted by Gasteiger charge is -2.19. The summed E-state index contributed by atoms with van der Waals surface area (Å²) in [7, 11) is 0. The highest BCUT2D eigenvalue weighted by atomic mass is 79.9. The maximum Gasteiger partial charge on any atom is 0.200 e. The highest BCUT2D eigenvalue weighted by molar-refractivity contribution is 9.12. The quantitative estimate of drug-likeness (QED) is 0.638. The van der Waals surface area contributed by atoms with Gasteiger partial charge >= 0.3 is 0 Å². The molecule has 0 fully saturated rings. The molecule has 1 aromatic rings. The number of fused-ring (bicyclic) bond motifs is 1. The van der Waals surface area contributed by atoms with Crippen molar-refractivity contribution in [3.63, 3.8) is 0 Å². The highest BCUT2D eigenvalue weighted by Crippen LogP contribution is 2.32. The number of halogens is 1. The lowest BCUT2D eigenvalue weighted by molar-refractivity contribution is 0.103. The number of hydrogen-bond donors (Lipinski definition) is 0. The molecule has 0 spiro atoms. The van der Waals surface area contributed by atoms with Crippen LogP contribution in [0, 0.1) is 0 Å². The fourth-order valence-electron chi connectivity index (χ4n) is 2.62. The van der Waals surface area contributed by atoms with Gasteiger partial charge in [-0.25, -0.2) is 0 Å². The van der Waals surface area contributed by atoms with Gasteiger partial charge in [0.25, 0.3) is 0 Å². The summed E-state index contributed by atoms with van der Waals surface area (Å²) in [6.45, 7) is 2.23. The van der Waals surface area contributed by atoms with Crippen LogP contribution in [0.5, 0.6) is 0 Å². The Hall–Kier alpha value is -0.890. The van der Waals surface area contributed by atoms with Gasteiger partial charge in [-0.05, 0) is 46.3 Å². The van der Waals surface area contributed by atoms with E-state index < -0.39 is 0 Å². The number of Topliss-reactive ketones (excluding diaryl/α,β-unsaturated/α-hetero) is 1. The Kier molecular flexibility index (Phi) is 5.38. The Morgan fingerprint density at radius 2 is 1.84 bits per heavy atom. The number of rotatable bonds is 6. The van der Waals surface area contributed by atoms with Crippen LogP contribution in [-0.4, -0.2) is 5.78 Å². The van der Waals surface area contributed by atoms with Crippen molar-refractivity contribution < 1.29 is 4.79 Å². The lowest BCUT2D eigenvalue weighted by atomic mass is 9.88. The minimum absolute atomic E-state index is 0.158. The third-order valence-electron chi connectivity index (χ3n) is 3.76. The van der Waals surface area contributed by atoms with E-state index >= 15 is 0 Å². The fourth-order valence-corrected chi connectivity index (χ4v) is 3.17. The van der Waals surface area contributed by atoms with Crippen LogP contribution in [0.25, 0.3) is 0 Å². The van der Waals surface area contributed by atoms with E-state index in [0.717, 1.165) is 22.9 Å². The molecule has 0 bridgehead atoms. The summed E-state index contributed by atoms with van der Waals surface area (Å²) >= 11 is 3.50. The summed E-state index contributed by atoms with van der Waals surface area (Å²) in [5.41, 5.74) is 3.32. The summed E-state index contributed by atoms with van der Waals surface area (Å²) in [6, 6.07) is 7.96. The van der Waals surface area contributed by atoms with Gasteiger partial charge < -0.3 is 0 Å². The molecule has 0 unspecified atom stereocenters. The molecule has 2 rings (SSSR count). The molecule has 0 radical (unpaired) electrons. The molecule has 0 amide bonds. The first-order valence-corrected chi connectivity index (χ1v) is 8.03. The number of carbonyl (C=O) groups is 1. The predicted octanol–water partition coefficient (Wildman–Crippen LogP) is 5.43. The third-order valence-corrected chi connectivity index (χ3v) is 4.68. The number of allylic oxidation sites excluding steroid dienone is 2. The molecular formula is C17H21BrO. The molecule has 19 heavy (non-hydrogen) atoms. The van der Waals surface area contributed by atoms with E-state index in [9.17, 15) is 4.79 Å². The van der Waals surface area contributed by atoms with Gasteiger partial charge in [0.15, 0.2) is 5.78 Å². The molecule has 1 aromatic carbocycles. The first-order chi connectivity index (χ1) is 9.24. The summed E-state index contributed by atoms with van der Waals surface area (Å²) < 4.78 is 0.807. The lowest BCUT2D eigenvalue weighted by Crippen LogP contribution is -2.13. The molecule has 2 heteroatoms. The molecule has 102 valence electrons. The number of hydrogen-bond acceptors (Lipinski definition) is 1. The summed E-state index contributed by atoms with van der Waals surface area (Å²) in [5, 5.41) is 0. The minimum atomic E-state index is 0.158. The van der Waals surface area contributed by atoms with Crippen molar-refractivity contribution in [2.24, 2.45) is 0 Å². The summed E-state index contributed by atoms with van der Waals surface area (Å²) in [5.74, 6) is 0.158. The molecule has 0 heterocycles. The smallest absolute Gasteiger partial charge is 0.200 e. The molecule has 0 atom stereocenters. The zero-order valence-corrected chi connectivity index (χ0v) is 13.1. The Bertz CT molecular complexity index is 488. The van der Waals surface area contributed by atoms with Crippen molar-refractivity contribution in [3.8, 4) is 0 Å². The Morgan fingerprint density at radius 1 is 1.11 bits per heavy atom. The zero-order chi connectivity index (χ0) is 13.7. The fraction of sp³-hybridized carbons (Fsp3) is 0.471. The van der Waals surface area contributed by atoms with Gasteiger partial charge in [-0.2, -0.15) is 0 Å². The van der Waals surface area contributed by atoms with E-state index in [1.807, 2.05) is 18.2 Å².